The Labute approximate surface area is 85.1 Å². The first-order valence-corrected chi connectivity index (χ1v) is 6.13. The number of hydrogen-bond donors (Lipinski definition) is 0. The van der Waals surface area contributed by atoms with Gasteiger partial charge in [0, 0.05) is 0 Å². The number of rotatable bonds is 0. The fraction of sp³-hybridized carbons (Fsp3) is 1.00. The van der Waals surface area contributed by atoms with E-state index in [2.05, 4.69) is 27.7 Å². The van der Waals surface area contributed by atoms with Crippen molar-refractivity contribution in [3.05, 3.63) is 0 Å². The highest BCUT2D eigenvalue weighted by atomic mass is 14.4. The van der Waals surface area contributed by atoms with Crippen molar-refractivity contribution in [2.75, 3.05) is 0 Å². The maximum absolute atomic E-state index is 2.31. The van der Waals surface area contributed by atoms with E-state index in [9.17, 15) is 0 Å². The fourth-order valence-corrected chi connectivity index (χ4v) is 1.52. The molecule has 0 heterocycles. The van der Waals surface area contributed by atoms with Gasteiger partial charge in [0.05, 0.1) is 0 Å². The summed E-state index contributed by atoms with van der Waals surface area (Å²) in [6, 6.07) is 0. The summed E-state index contributed by atoms with van der Waals surface area (Å²) in [4.78, 5) is 0. The summed E-state index contributed by atoms with van der Waals surface area (Å²) >= 11 is 0. The lowest BCUT2D eigenvalue weighted by atomic mass is 9.88. The van der Waals surface area contributed by atoms with Crippen molar-refractivity contribution < 1.29 is 0 Å². The molecule has 0 aromatic heterocycles. The van der Waals surface area contributed by atoms with Crippen LogP contribution in [0.4, 0.5) is 0 Å². The largest absolute Gasteiger partial charge is 0.0683 e. The Kier molecular flexibility index (Phi) is 6.45. The zero-order chi connectivity index (χ0) is 10.4. The van der Waals surface area contributed by atoms with Gasteiger partial charge in [0.2, 0.25) is 0 Å². The van der Waals surface area contributed by atoms with Gasteiger partial charge in [-0.25, -0.2) is 0 Å². The molecule has 2 fully saturated rings. The molecule has 0 bridgehead atoms. The zero-order valence-electron chi connectivity index (χ0n) is 10.4. The Hall–Kier alpha value is 0. The predicted octanol–water partition coefficient (Wildman–Crippen LogP) is 4.74. The van der Waals surface area contributed by atoms with Gasteiger partial charge in [-0.3, -0.25) is 0 Å². The Morgan fingerprint density at radius 1 is 0.692 bits per heavy atom. The molecule has 13 heavy (non-hydrogen) atoms. The summed E-state index contributed by atoms with van der Waals surface area (Å²) < 4.78 is 0. The normalized spacial score (nSPS) is 36.0. The van der Waals surface area contributed by atoms with E-state index in [1.165, 1.54) is 19.3 Å². The molecule has 0 heteroatoms. The van der Waals surface area contributed by atoms with Gasteiger partial charge in [0.15, 0.2) is 0 Å². The van der Waals surface area contributed by atoms with Crippen molar-refractivity contribution in [2.24, 2.45) is 23.7 Å². The van der Waals surface area contributed by atoms with Crippen molar-refractivity contribution in [3.8, 4) is 0 Å². The van der Waals surface area contributed by atoms with Crippen molar-refractivity contribution in [1.29, 1.82) is 0 Å². The summed E-state index contributed by atoms with van der Waals surface area (Å²) in [5.41, 5.74) is 0. The van der Waals surface area contributed by atoms with E-state index in [1.807, 2.05) is 13.8 Å². The van der Waals surface area contributed by atoms with Gasteiger partial charge in [-0.2, -0.15) is 0 Å². The minimum atomic E-state index is 1.02. The van der Waals surface area contributed by atoms with Gasteiger partial charge in [-0.1, -0.05) is 60.8 Å². The third kappa shape index (κ3) is 4.69. The summed E-state index contributed by atoms with van der Waals surface area (Å²) in [5, 5.41) is 0. The van der Waals surface area contributed by atoms with E-state index in [4.69, 9.17) is 0 Å². The molecule has 0 aromatic rings. The molecule has 0 unspecified atom stereocenters. The average Bonchev–Trinajstić information content (AvgIpc) is 2.63. The Bertz CT molecular complexity index is 92.9. The highest BCUT2D eigenvalue weighted by Crippen LogP contribution is 2.44. The maximum Gasteiger partial charge on any atom is -0.0386 e. The van der Waals surface area contributed by atoms with Crippen LogP contribution in [0.3, 0.4) is 0 Å². The van der Waals surface area contributed by atoms with Crippen molar-refractivity contribution in [2.45, 2.75) is 60.8 Å². The van der Waals surface area contributed by atoms with E-state index >= 15 is 0 Å². The first kappa shape index (κ1) is 13.0. The molecule has 0 atom stereocenters. The van der Waals surface area contributed by atoms with E-state index in [0.717, 1.165) is 23.7 Å². The summed E-state index contributed by atoms with van der Waals surface area (Å²) in [5.74, 6) is 4.12. The maximum atomic E-state index is 2.31. The van der Waals surface area contributed by atoms with Crippen LogP contribution in [0.25, 0.3) is 0 Å². The standard InChI is InChI=1S/C6H12.C5H10.C2H6/c1-4-5(2)6(4)3;1-5-3-2-4-5;1-2/h4-6H,1-3H3;5H,2-4H2,1H3;1-2H3. The highest BCUT2D eigenvalue weighted by molar-refractivity contribution is 4.86. The van der Waals surface area contributed by atoms with E-state index in [-0.39, 0.29) is 0 Å². The lowest BCUT2D eigenvalue weighted by Crippen LogP contribution is -2.04. The topological polar surface area (TPSA) is 0 Å². The molecule has 2 aliphatic carbocycles. The van der Waals surface area contributed by atoms with Gasteiger partial charge in [-0.05, 0) is 23.7 Å². The Morgan fingerprint density at radius 3 is 0.923 bits per heavy atom. The van der Waals surface area contributed by atoms with Gasteiger partial charge in [0.1, 0.15) is 0 Å². The molecular weight excluding hydrogens is 156 g/mol. The first-order chi connectivity index (χ1) is 6.13. The third-order valence-corrected chi connectivity index (χ3v) is 3.74. The minimum absolute atomic E-state index is 1.02. The van der Waals surface area contributed by atoms with Crippen LogP contribution in [0.2, 0.25) is 0 Å². The van der Waals surface area contributed by atoms with Crippen LogP contribution in [0, 0.1) is 23.7 Å². The molecule has 2 saturated carbocycles. The first-order valence-electron chi connectivity index (χ1n) is 6.13. The molecule has 0 spiro atoms. The van der Waals surface area contributed by atoms with Crippen LogP contribution in [-0.4, -0.2) is 0 Å². The molecule has 2 rings (SSSR count). The van der Waals surface area contributed by atoms with Crippen LogP contribution in [0.15, 0.2) is 0 Å². The minimum Gasteiger partial charge on any atom is -0.0683 e. The van der Waals surface area contributed by atoms with Crippen molar-refractivity contribution >= 4 is 0 Å². The molecule has 2 aliphatic rings. The summed E-state index contributed by atoms with van der Waals surface area (Å²) in [6.45, 7) is 13.3. The Morgan fingerprint density at radius 2 is 0.923 bits per heavy atom. The molecule has 0 aromatic carbocycles. The van der Waals surface area contributed by atoms with Gasteiger partial charge in [0.25, 0.3) is 0 Å². The molecule has 0 aliphatic heterocycles. The smallest absolute Gasteiger partial charge is 0.0386 e. The molecule has 0 N–H and O–H groups in total. The zero-order valence-corrected chi connectivity index (χ0v) is 10.4. The van der Waals surface area contributed by atoms with Crippen LogP contribution in [0.5, 0.6) is 0 Å². The second kappa shape index (κ2) is 6.45. The fourth-order valence-electron chi connectivity index (χ4n) is 1.52. The molecule has 0 radical (unpaired) electrons. The highest BCUT2D eigenvalue weighted by Gasteiger charge is 2.37. The van der Waals surface area contributed by atoms with Crippen molar-refractivity contribution in [3.63, 3.8) is 0 Å². The van der Waals surface area contributed by atoms with Gasteiger partial charge >= 0.3 is 0 Å². The molecule has 0 amide bonds. The van der Waals surface area contributed by atoms with E-state index in [0.29, 0.717) is 0 Å². The monoisotopic (exact) mass is 184 g/mol. The quantitative estimate of drug-likeness (QED) is 0.510. The second-order valence-electron chi connectivity index (χ2n) is 4.61. The van der Waals surface area contributed by atoms with E-state index < -0.39 is 0 Å². The number of hydrogen-bond acceptors (Lipinski definition) is 0. The SMILES string of the molecule is CC.CC1C(C)C1C.CC1CCC1. The summed E-state index contributed by atoms with van der Waals surface area (Å²) in [7, 11) is 0. The Balaban J connectivity index is 0.000000189. The molecule has 0 saturated heterocycles. The van der Waals surface area contributed by atoms with Crippen LogP contribution < -0.4 is 0 Å². The molecular formula is C13H28. The molecule has 0 nitrogen and oxygen atoms in total. The van der Waals surface area contributed by atoms with Crippen LogP contribution in [0.1, 0.15) is 60.8 Å². The van der Waals surface area contributed by atoms with Crippen LogP contribution >= 0.6 is 0 Å². The lowest BCUT2D eigenvalue weighted by Gasteiger charge is -2.18. The van der Waals surface area contributed by atoms with Gasteiger partial charge in [-0.15, -0.1) is 0 Å². The second-order valence-corrected chi connectivity index (χ2v) is 4.61. The van der Waals surface area contributed by atoms with Crippen molar-refractivity contribution in [1.82, 2.24) is 0 Å². The summed E-state index contributed by atoms with van der Waals surface area (Å²) in [6.07, 6.45) is 4.46. The molecule has 80 valence electrons. The van der Waals surface area contributed by atoms with E-state index in [1.54, 1.807) is 0 Å². The average molecular weight is 184 g/mol. The van der Waals surface area contributed by atoms with Crippen LogP contribution in [-0.2, 0) is 0 Å². The predicted molar refractivity (Wildman–Crippen MR) is 61.9 cm³/mol. The third-order valence-electron chi connectivity index (χ3n) is 3.74. The van der Waals surface area contributed by atoms with Gasteiger partial charge < -0.3 is 0 Å². The lowest BCUT2D eigenvalue weighted by molar-refractivity contribution is 0.346.